The average Bonchev–Trinajstić information content (AvgIpc) is 2.88. The number of azo groups is 1. The fraction of sp³-hybridized carbons (Fsp3) is 0.500. The third-order valence-corrected chi connectivity index (χ3v) is 5.89. The lowest BCUT2D eigenvalue weighted by Crippen LogP contribution is -2.41. The quantitative estimate of drug-likeness (QED) is 0.719. The highest BCUT2D eigenvalue weighted by Gasteiger charge is 2.31. The smallest absolute Gasteiger partial charge is 0.287 e. The molecular weight excluding hydrogens is 348 g/mol. The van der Waals surface area contributed by atoms with Gasteiger partial charge in [0.05, 0.1) is 6.20 Å². The van der Waals surface area contributed by atoms with Crippen LogP contribution in [0.3, 0.4) is 0 Å². The van der Waals surface area contributed by atoms with E-state index in [4.69, 9.17) is 0 Å². The maximum Gasteiger partial charge on any atom is 0.287 e. The van der Waals surface area contributed by atoms with Crippen LogP contribution in [0.25, 0.3) is 0 Å². The van der Waals surface area contributed by atoms with Crippen LogP contribution in [-0.2, 0) is 26.7 Å². The Bertz CT molecular complexity index is 827. The molecular formula is C14H18N6O4S. The Kier molecular flexibility index (Phi) is 4.77. The summed E-state index contributed by atoms with van der Waals surface area (Å²) in [6, 6.07) is -0.820. The van der Waals surface area contributed by atoms with E-state index in [2.05, 4.69) is 15.3 Å². The Hall–Kier alpha value is -2.40. The maximum absolute atomic E-state index is 12.7. The molecule has 1 saturated heterocycles. The highest BCUT2D eigenvalue weighted by atomic mass is 32.2. The van der Waals surface area contributed by atoms with Crippen molar-refractivity contribution < 1.29 is 18.0 Å². The van der Waals surface area contributed by atoms with E-state index in [1.54, 1.807) is 11.9 Å². The molecule has 2 aliphatic rings. The number of carbonyl (C=O) groups excluding carboxylic acids is 2. The lowest BCUT2D eigenvalue weighted by molar-refractivity contribution is -0.131. The molecule has 25 heavy (non-hydrogen) atoms. The first-order valence-corrected chi connectivity index (χ1v) is 9.22. The molecule has 134 valence electrons. The average molecular weight is 366 g/mol. The van der Waals surface area contributed by atoms with Gasteiger partial charge in [0.25, 0.3) is 11.8 Å². The van der Waals surface area contributed by atoms with Gasteiger partial charge in [-0.15, -0.1) is 5.11 Å². The van der Waals surface area contributed by atoms with Crippen LogP contribution in [0.1, 0.15) is 6.42 Å². The Labute approximate surface area is 144 Å². The first-order valence-electron chi connectivity index (χ1n) is 7.78. The first-order chi connectivity index (χ1) is 11.9. The molecule has 3 rings (SSSR count). The summed E-state index contributed by atoms with van der Waals surface area (Å²) < 4.78 is 28.1. The minimum absolute atomic E-state index is 0.136. The minimum Gasteiger partial charge on any atom is -0.339 e. The second kappa shape index (κ2) is 6.84. The largest absolute Gasteiger partial charge is 0.339 e. The zero-order valence-electron chi connectivity index (χ0n) is 13.6. The molecule has 0 N–H and O–H groups in total. The van der Waals surface area contributed by atoms with Gasteiger partial charge < -0.3 is 4.90 Å². The maximum atomic E-state index is 12.7. The van der Waals surface area contributed by atoms with Crippen LogP contribution in [0.4, 0.5) is 0 Å². The molecule has 0 spiro atoms. The molecule has 0 saturated carbocycles. The third kappa shape index (κ3) is 3.66. The van der Waals surface area contributed by atoms with Crippen LogP contribution in [0.15, 0.2) is 39.7 Å². The molecule has 1 aromatic rings. The van der Waals surface area contributed by atoms with Crippen molar-refractivity contribution in [1.29, 1.82) is 0 Å². The molecule has 1 fully saturated rings. The summed E-state index contributed by atoms with van der Waals surface area (Å²) in [7, 11) is -1.98. The fourth-order valence-corrected chi connectivity index (χ4v) is 4.17. The van der Waals surface area contributed by atoms with E-state index in [0.29, 0.717) is 19.5 Å². The zero-order chi connectivity index (χ0) is 18.0. The predicted octanol–water partition coefficient (Wildman–Crippen LogP) is -0.440. The van der Waals surface area contributed by atoms with Crippen molar-refractivity contribution in [3.63, 3.8) is 0 Å². The predicted molar refractivity (Wildman–Crippen MR) is 86.0 cm³/mol. The van der Waals surface area contributed by atoms with Gasteiger partial charge in [0.15, 0.2) is 6.04 Å². The minimum atomic E-state index is -3.63. The molecule has 2 amide bonds. The number of hydrogen-bond donors (Lipinski definition) is 0. The number of aromatic nitrogens is 2. The third-order valence-electron chi connectivity index (χ3n) is 4.04. The molecule has 11 heteroatoms. The van der Waals surface area contributed by atoms with Crippen molar-refractivity contribution in [2.75, 3.05) is 26.2 Å². The lowest BCUT2D eigenvalue weighted by Gasteiger charge is -2.23. The molecule has 2 aliphatic heterocycles. The Morgan fingerprint density at radius 1 is 1.24 bits per heavy atom. The van der Waals surface area contributed by atoms with E-state index in [1.165, 1.54) is 33.5 Å². The van der Waals surface area contributed by atoms with Gasteiger partial charge in [-0.3, -0.25) is 14.3 Å². The van der Waals surface area contributed by atoms with E-state index in [1.807, 2.05) is 0 Å². The molecule has 0 bridgehead atoms. The number of amides is 2. The topological polar surface area (TPSA) is 117 Å². The van der Waals surface area contributed by atoms with Gasteiger partial charge in [-0.25, -0.2) is 8.42 Å². The van der Waals surface area contributed by atoms with Crippen molar-refractivity contribution in [2.45, 2.75) is 17.4 Å². The van der Waals surface area contributed by atoms with Crippen LogP contribution in [0, 0.1) is 0 Å². The van der Waals surface area contributed by atoms with Crippen LogP contribution in [0.2, 0.25) is 0 Å². The van der Waals surface area contributed by atoms with Gasteiger partial charge >= 0.3 is 0 Å². The standard InChI is InChI=1S/C14H18N6O4S/c1-18-10-11(9-15-18)25(23,24)20-6-2-5-19(7-8-20)14(22)12-3-4-13(21)17-16-12/h3-4,9-10,12H,2,5-8H2,1H3. The van der Waals surface area contributed by atoms with E-state index >= 15 is 0 Å². The molecule has 1 unspecified atom stereocenters. The molecule has 10 nitrogen and oxygen atoms in total. The molecule has 1 atom stereocenters. The van der Waals surface area contributed by atoms with E-state index in [9.17, 15) is 18.0 Å². The zero-order valence-corrected chi connectivity index (χ0v) is 14.5. The van der Waals surface area contributed by atoms with Gasteiger partial charge in [0.2, 0.25) is 10.0 Å². The fourth-order valence-electron chi connectivity index (χ4n) is 2.72. The molecule has 0 aliphatic carbocycles. The highest BCUT2D eigenvalue weighted by Crippen LogP contribution is 2.18. The summed E-state index contributed by atoms with van der Waals surface area (Å²) in [5.41, 5.74) is 0. The van der Waals surface area contributed by atoms with E-state index in [-0.39, 0.29) is 23.9 Å². The number of hydrogen-bond acceptors (Lipinski definition) is 6. The van der Waals surface area contributed by atoms with Crippen molar-refractivity contribution in [2.24, 2.45) is 17.3 Å². The molecule has 0 radical (unpaired) electrons. The Balaban J connectivity index is 1.68. The second-order valence-corrected chi connectivity index (χ2v) is 7.73. The number of rotatable bonds is 3. The summed E-state index contributed by atoms with van der Waals surface area (Å²) in [5.74, 6) is -0.776. The van der Waals surface area contributed by atoms with Gasteiger partial charge in [0, 0.05) is 45.5 Å². The van der Waals surface area contributed by atoms with Crippen molar-refractivity contribution >= 4 is 21.8 Å². The molecule has 3 heterocycles. The summed E-state index contributed by atoms with van der Waals surface area (Å²) in [6.45, 7) is 1.19. The number of carbonyl (C=O) groups is 2. The van der Waals surface area contributed by atoms with Gasteiger partial charge in [-0.1, -0.05) is 0 Å². The second-order valence-electron chi connectivity index (χ2n) is 5.79. The Morgan fingerprint density at radius 2 is 2.04 bits per heavy atom. The van der Waals surface area contributed by atoms with Crippen molar-refractivity contribution in [3.05, 3.63) is 24.5 Å². The summed E-state index contributed by atoms with van der Waals surface area (Å²) in [4.78, 5) is 25.2. The SMILES string of the molecule is Cn1cc(S(=O)(=O)N2CCCN(C(=O)C3C=CC(=O)N=N3)CC2)cn1. The van der Waals surface area contributed by atoms with Gasteiger partial charge in [0.1, 0.15) is 4.90 Å². The summed E-state index contributed by atoms with van der Waals surface area (Å²) in [6.07, 6.45) is 5.90. The van der Waals surface area contributed by atoms with Crippen LogP contribution < -0.4 is 0 Å². The molecule has 0 aromatic carbocycles. The summed E-state index contributed by atoms with van der Waals surface area (Å²) in [5, 5.41) is 11.0. The number of aryl methyl sites for hydroxylation is 1. The monoisotopic (exact) mass is 366 g/mol. The van der Waals surface area contributed by atoms with Crippen molar-refractivity contribution in [1.82, 2.24) is 19.0 Å². The highest BCUT2D eigenvalue weighted by molar-refractivity contribution is 7.89. The van der Waals surface area contributed by atoms with Gasteiger partial charge in [-0.05, 0) is 12.5 Å². The Morgan fingerprint density at radius 3 is 2.68 bits per heavy atom. The summed E-state index contributed by atoms with van der Waals surface area (Å²) >= 11 is 0. The normalized spacial score (nSPS) is 22.2. The number of sulfonamides is 1. The van der Waals surface area contributed by atoms with Crippen LogP contribution >= 0.6 is 0 Å². The van der Waals surface area contributed by atoms with E-state index < -0.39 is 22.0 Å². The van der Waals surface area contributed by atoms with Crippen LogP contribution in [-0.4, -0.2) is 71.4 Å². The van der Waals surface area contributed by atoms with Crippen molar-refractivity contribution in [3.8, 4) is 0 Å². The molecule has 1 aromatic heterocycles. The number of nitrogens with zero attached hydrogens (tertiary/aromatic N) is 6. The van der Waals surface area contributed by atoms with E-state index in [0.717, 1.165) is 0 Å². The van der Waals surface area contributed by atoms with Gasteiger partial charge in [-0.2, -0.15) is 14.5 Å². The first kappa shape index (κ1) is 17.4. The lowest BCUT2D eigenvalue weighted by atomic mass is 10.2. The van der Waals surface area contributed by atoms with Crippen LogP contribution in [0.5, 0.6) is 0 Å².